The van der Waals surface area contributed by atoms with Crippen molar-refractivity contribution in [2.45, 2.75) is 26.3 Å². The first-order chi connectivity index (χ1) is 8.97. The Morgan fingerprint density at radius 2 is 1.89 bits per heavy atom. The molecule has 4 nitrogen and oxygen atoms in total. The number of aliphatic carboxylic acids is 1. The molecule has 1 aromatic rings. The lowest BCUT2D eigenvalue weighted by Gasteiger charge is -2.16. The van der Waals surface area contributed by atoms with Crippen molar-refractivity contribution in [3.63, 3.8) is 0 Å². The predicted octanol–water partition coefficient (Wildman–Crippen LogP) is 2.24. The van der Waals surface area contributed by atoms with E-state index in [4.69, 9.17) is 5.11 Å². The second-order valence-corrected chi connectivity index (χ2v) is 5.40. The first-order valence-electron chi connectivity index (χ1n) is 6.06. The Labute approximate surface area is 117 Å². The van der Waals surface area contributed by atoms with Gasteiger partial charge < -0.3 is 10.4 Å². The summed E-state index contributed by atoms with van der Waals surface area (Å²) in [5, 5.41) is 11.7. The Morgan fingerprint density at radius 1 is 1.32 bits per heavy atom. The van der Waals surface area contributed by atoms with Crippen LogP contribution in [0.1, 0.15) is 27.9 Å². The van der Waals surface area contributed by atoms with Crippen LogP contribution < -0.4 is 5.32 Å². The fourth-order valence-electron chi connectivity index (χ4n) is 1.90. The molecule has 0 spiro atoms. The number of benzene rings is 1. The van der Waals surface area contributed by atoms with Crippen molar-refractivity contribution in [3.8, 4) is 0 Å². The average Bonchev–Trinajstić information content (AvgIpc) is 2.33. The quantitative estimate of drug-likeness (QED) is 0.839. The minimum atomic E-state index is -0.992. The fraction of sp³-hybridized carbons (Fsp3) is 0.429. The Hall–Kier alpha value is -1.49. The standard InChI is InChI=1S/C14H19NO3S/c1-9-5-4-6-10(2)12(9)13(16)15-11(14(17)18)7-8-19-3/h4-6,11H,7-8H2,1-3H3,(H,15,16)(H,17,18)/t11-/m0/s1. The van der Waals surface area contributed by atoms with Gasteiger partial charge >= 0.3 is 5.97 Å². The van der Waals surface area contributed by atoms with Crippen LogP contribution in [0.15, 0.2) is 18.2 Å². The molecule has 0 aromatic heterocycles. The van der Waals surface area contributed by atoms with Crippen LogP contribution in [0.4, 0.5) is 0 Å². The van der Waals surface area contributed by atoms with E-state index in [2.05, 4.69) is 5.32 Å². The maximum absolute atomic E-state index is 12.2. The van der Waals surface area contributed by atoms with Crippen molar-refractivity contribution in [2.24, 2.45) is 0 Å². The lowest BCUT2D eigenvalue weighted by Crippen LogP contribution is -2.41. The summed E-state index contributed by atoms with van der Waals surface area (Å²) >= 11 is 1.56. The molecule has 1 atom stereocenters. The van der Waals surface area contributed by atoms with Gasteiger partial charge in [0.2, 0.25) is 0 Å². The smallest absolute Gasteiger partial charge is 0.326 e. The molecule has 0 aliphatic carbocycles. The van der Waals surface area contributed by atoms with E-state index < -0.39 is 12.0 Å². The summed E-state index contributed by atoms with van der Waals surface area (Å²) in [5.41, 5.74) is 2.27. The molecule has 1 amide bonds. The predicted molar refractivity (Wildman–Crippen MR) is 77.8 cm³/mol. The van der Waals surface area contributed by atoms with Crippen LogP contribution >= 0.6 is 11.8 Å². The molecule has 2 N–H and O–H groups in total. The topological polar surface area (TPSA) is 66.4 Å². The molecular formula is C14H19NO3S. The fourth-order valence-corrected chi connectivity index (χ4v) is 2.37. The average molecular weight is 281 g/mol. The van der Waals surface area contributed by atoms with Crippen molar-refractivity contribution in [3.05, 3.63) is 34.9 Å². The van der Waals surface area contributed by atoms with E-state index in [1.807, 2.05) is 38.3 Å². The summed E-state index contributed by atoms with van der Waals surface area (Å²) in [4.78, 5) is 23.3. The van der Waals surface area contributed by atoms with Gasteiger partial charge in [-0.1, -0.05) is 18.2 Å². The van der Waals surface area contributed by atoms with Gasteiger partial charge in [0.05, 0.1) is 0 Å². The third-order valence-electron chi connectivity index (χ3n) is 2.92. The van der Waals surface area contributed by atoms with Crippen LogP contribution in [0.3, 0.4) is 0 Å². The van der Waals surface area contributed by atoms with Crippen LogP contribution in [0, 0.1) is 13.8 Å². The Balaban J connectivity index is 2.85. The number of carboxylic acids is 1. The largest absolute Gasteiger partial charge is 0.480 e. The number of amides is 1. The zero-order valence-electron chi connectivity index (χ0n) is 11.4. The van der Waals surface area contributed by atoms with Crippen LogP contribution in [-0.2, 0) is 4.79 Å². The van der Waals surface area contributed by atoms with Crippen LogP contribution in [0.25, 0.3) is 0 Å². The minimum absolute atomic E-state index is 0.316. The number of hydrogen-bond donors (Lipinski definition) is 2. The number of carbonyl (C=O) groups is 2. The van der Waals surface area contributed by atoms with Gasteiger partial charge in [-0.15, -0.1) is 0 Å². The van der Waals surface area contributed by atoms with E-state index in [1.54, 1.807) is 11.8 Å². The van der Waals surface area contributed by atoms with E-state index >= 15 is 0 Å². The molecule has 104 valence electrons. The van der Waals surface area contributed by atoms with Crippen molar-refractivity contribution in [1.29, 1.82) is 0 Å². The number of thioether (sulfide) groups is 1. The maximum atomic E-state index is 12.2. The third-order valence-corrected chi connectivity index (χ3v) is 3.57. The van der Waals surface area contributed by atoms with Crippen LogP contribution in [0.5, 0.6) is 0 Å². The highest BCUT2D eigenvalue weighted by Gasteiger charge is 2.21. The highest BCUT2D eigenvalue weighted by molar-refractivity contribution is 7.98. The van der Waals surface area contributed by atoms with E-state index in [1.165, 1.54) is 0 Å². The van der Waals surface area contributed by atoms with E-state index in [0.29, 0.717) is 17.7 Å². The molecule has 1 rings (SSSR count). The molecular weight excluding hydrogens is 262 g/mol. The summed E-state index contributed by atoms with van der Waals surface area (Å²) in [6.07, 6.45) is 2.33. The van der Waals surface area contributed by atoms with Gasteiger partial charge in [0.25, 0.3) is 5.91 Å². The van der Waals surface area contributed by atoms with Gasteiger partial charge in [-0.2, -0.15) is 11.8 Å². The number of hydrogen-bond acceptors (Lipinski definition) is 3. The lowest BCUT2D eigenvalue weighted by atomic mass is 10.0. The molecule has 0 saturated heterocycles. The van der Waals surface area contributed by atoms with Crippen LogP contribution in [0.2, 0.25) is 0 Å². The molecule has 1 aromatic carbocycles. The van der Waals surface area contributed by atoms with E-state index in [9.17, 15) is 9.59 Å². The second-order valence-electron chi connectivity index (χ2n) is 4.41. The van der Waals surface area contributed by atoms with E-state index in [0.717, 1.165) is 11.1 Å². The van der Waals surface area contributed by atoms with Gasteiger partial charge in [0, 0.05) is 5.56 Å². The summed E-state index contributed by atoms with van der Waals surface area (Å²) < 4.78 is 0. The molecule has 0 heterocycles. The van der Waals surface area contributed by atoms with Crippen molar-refractivity contribution in [1.82, 2.24) is 5.32 Å². The van der Waals surface area contributed by atoms with Crippen molar-refractivity contribution >= 4 is 23.6 Å². The number of carbonyl (C=O) groups excluding carboxylic acids is 1. The molecule has 0 fully saturated rings. The molecule has 5 heteroatoms. The maximum Gasteiger partial charge on any atom is 0.326 e. The highest BCUT2D eigenvalue weighted by Crippen LogP contribution is 2.13. The number of aryl methyl sites for hydroxylation is 2. The molecule has 19 heavy (non-hydrogen) atoms. The molecule has 0 radical (unpaired) electrons. The minimum Gasteiger partial charge on any atom is -0.480 e. The third kappa shape index (κ3) is 4.28. The zero-order valence-corrected chi connectivity index (χ0v) is 12.2. The zero-order chi connectivity index (χ0) is 14.4. The van der Waals surface area contributed by atoms with Gasteiger partial charge in [0.15, 0.2) is 0 Å². The number of nitrogens with one attached hydrogen (secondary N) is 1. The summed E-state index contributed by atoms with van der Waals surface area (Å²) in [7, 11) is 0. The van der Waals surface area contributed by atoms with Gasteiger partial charge in [0.1, 0.15) is 6.04 Å². The van der Waals surface area contributed by atoms with Crippen molar-refractivity contribution in [2.75, 3.05) is 12.0 Å². The summed E-state index contributed by atoms with van der Waals surface area (Å²) in [5.74, 6) is -0.609. The van der Waals surface area contributed by atoms with Gasteiger partial charge in [-0.05, 0) is 43.4 Å². The highest BCUT2D eigenvalue weighted by atomic mass is 32.2. The summed E-state index contributed by atoms with van der Waals surface area (Å²) in [6.45, 7) is 3.69. The monoisotopic (exact) mass is 281 g/mol. The Morgan fingerprint density at radius 3 is 2.37 bits per heavy atom. The second kappa shape index (κ2) is 7.19. The summed E-state index contributed by atoms with van der Waals surface area (Å²) in [6, 6.07) is 4.74. The first kappa shape index (κ1) is 15.6. The van der Waals surface area contributed by atoms with Crippen LogP contribution in [-0.4, -0.2) is 35.0 Å². The first-order valence-corrected chi connectivity index (χ1v) is 7.45. The Kier molecular flexibility index (Phi) is 5.89. The molecule has 0 bridgehead atoms. The SMILES string of the molecule is CSCC[C@H](NC(=O)c1c(C)cccc1C)C(=O)O. The Bertz CT molecular complexity index is 454. The van der Waals surface area contributed by atoms with Crippen molar-refractivity contribution < 1.29 is 14.7 Å². The van der Waals surface area contributed by atoms with Gasteiger partial charge in [-0.25, -0.2) is 4.79 Å². The molecule has 0 aliphatic rings. The molecule has 0 unspecified atom stereocenters. The molecule has 0 saturated carbocycles. The van der Waals surface area contributed by atoms with E-state index in [-0.39, 0.29) is 5.91 Å². The lowest BCUT2D eigenvalue weighted by molar-refractivity contribution is -0.139. The normalized spacial score (nSPS) is 11.9. The molecule has 0 aliphatic heterocycles. The van der Waals surface area contributed by atoms with Gasteiger partial charge in [-0.3, -0.25) is 4.79 Å². The number of rotatable bonds is 6. The number of carboxylic acid groups (broad SMARTS) is 1.